The summed E-state index contributed by atoms with van der Waals surface area (Å²) in [6, 6.07) is 1.64. The Morgan fingerprint density at radius 1 is 1.13 bits per heavy atom. The summed E-state index contributed by atoms with van der Waals surface area (Å²) in [5.74, 6) is 1.54. The van der Waals surface area contributed by atoms with Crippen LogP contribution < -0.4 is 4.90 Å². The molecule has 5 rings (SSSR count). The second-order valence-electron chi connectivity index (χ2n) is 9.13. The molecule has 0 aliphatic carbocycles. The van der Waals surface area contributed by atoms with Gasteiger partial charge in [-0.3, -0.25) is 0 Å². The Morgan fingerprint density at radius 2 is 1.93 bits per heavy atom. The van der Waals surface area contributed by atoms with Crippen LogP contribution in [-0.4, -0.2) is 67.0 Å². The van der Waals surface area contributed by atoms with Crippen molar-refractivity contribution in [2.45, 2.75) is 38.3 Å². The van der Waals surface area contributed by atoms with Crippen molar-refractivity contribution in [2.24, 2.45) is 11.3 Å². The summed E-state index contributed by atoms with van der Waals surface area (Å²) < 4.78 is 44.0. The number of halogens is 3. The quantitative estimate of drug-likeness (QED) is 0.715. The van der Waals surface area contributed by atoms with E-state index in [9.17, 15) is 13.2 Å². The zero-order valence-corrected chi connectivity index (χ0v) is 17.8. The summed E-state index contributed by atoms with van der Waals surface area (Å²) in [6.07, 6.45) is 0.997. The van der Waals surface area contributed by atoms with E-state index in [1.54, 1.807) is 6.07 Å². The summed E-state index contributed by atoms with van der Waals surface area (Å²) in [7, 11) is 0. The normalized spacial score (nSPS) is 26.4. The van der Waals surface area contributed by atoms with Crippen molar-refractivity contribution in [3.8, 4) is 0 Å². The van der Waals surface area contributed by atoms with Crippen molar-refractivity contribution in [2.75, 3.05) is 50.8 Å². The number of ether oxygens (including phenoxy) is 1. The molecule has 2 aromatic rings. The number of thiophene rings is 1. The number of aromatic nitrogens is 2. The average Bonchev–Trinajstić information content (AvgIpc) is 3.40. The minimum Gasteiger partial charge on any atom is -0.381 e. The van der Waals surface area contributed by atoms with E-state index >= 15 is 0 Å². The Bertz CT molecular complexity index is 898. The molecule has 0 N–H and O–H groups in total. The third-order valence-corrected chi connectivity index (χ3v) is 7.89. The van der Waals surface area contributed by atoms with Crippen molar-refractivity contribution in [1.82, 2.24) is 14.9 Å². The highest BCUT2D eigenvalue weighted by molar-refractivity contribution is 7.18. The van der Waals surface area contributed by atoms with Crippen LogP contribution in [0.2, 0.25) is 0 Å². The molecule has 1 atom stereocenters. The molecule has 3 fully saturated rings. The van der Waals surface area contributed by atoms with E-state index in [1.165, 1.54) is 12.7 Å². The molecule has 3 aliphatic rings. The highest BCUT2D eigenvalue weighted by Gasteiger charge is 2.44. The number of alkyl halides is 3. The summed E-state index contributed by atoms with van der Waals surface area (Å²) in [4.78, 5) is 14.5. The fourth-order valence-electron chi connectivity index (χ4n) is 5.36. The first-order valence-corrected chi connectivity index (χ1v) is 11.6. The predicted octanol–water partition coefficient (Wildman–Crippen LogP) is 4.12. The highest BCUT2D eigenvalue weighted by atomic mass is 32.1. The fourth-order valence-corrected chi connectivity index (χ4v) is 6.38. The zero-order chi connectivity index (χ0) is 20.8. The number of nitrogens with zero attached hydrogens (tertiary/aromatic N) is 4. The first-order chi connectivity index (χ1) is 14.4. The summed E-state index contributed by atoms with van der Waals surface area (Å²) in [6.45, 7) is 7.01. The van der Waals surface area contributed by atoms with Crippen LogP contribution in [0.4, 0.5) is 19.0 Å². The lowest BCUT2D eigenvalue weighted by Crippen LogP contribution is -2.34. The summed E-state index contributed by atoms with van der Waals surface area (Å²) >= 11 is 1.12. The van der Waals surface area contributed by atoms with E-state index in [4.69, 9.17) is 4.74 Å². The van der Waals surface area contributed by atoms with Crippen LogP contribution in [0, 0.1) is 11.3 Å². The first-order valence-electron chi connectivity index (χ1n) is 10.7. The van der Waals surface area contributed by atoms with Crippen molar-refractivity contribution in [1.29, 1.82) is 0 Å². The van der Waals surface area contributed by atoms with Crippen molar-refractivity contribution in [3.63, 3.8) is 0 Å². The molecule has 5 nitrogen and oxygen atoms in total. The van der Waals surface area contributed by atoms with Gasteiger partial charge in [-0.05, 0) is 44.2 Å². The summed E-state index contributed by atoms with van der Waals surface area (Å²) in [5.41, 5.74) is 0.271. The van der Waals surface area contributed by atoms with Gasteiger partial charge in [0.15, 0.2) is 0 Å². The van der Waals surface area contributed by atoms with Gasteiger partial charge in [-0.25, -0.2) is 9.97 Å². The molecular weight excluding hydrogens is 413 g/mol. The number of rotatable bonds is 4. The lowest BCUT2D eigenvalue weighted by atomic mass is 9.86. The second-order valence-corrected chi connectivity index (χ2v) is 10.2. The van der Waals surface area contributed by atoms with Crippen LogP contribution in [0.25, 0.3) is 10.2 Å². The van der Waals surface area contributed by atoms with Crippen LogP contribution in [0.5, 0.6) is 0 Å². The van der Waals surface area contributed by atoms with Crippen molar-refractivity contribution < 1.29 is 17.9 Å². The summed E-state index contributed by atoms with van der Waals surface area (Å²) in [5, 5.41) is 0.760. The molecule has 164 valence electrons. The van der Waals surface area contributed by atoms with Gasteiger partial charge in [-0.2, -0.15) is 13.2 Å². The van der Waals surface area contributed by atoms with Crippen LogP contribution in [-0.2, 0) is 11.2 Å². The van der Waals surface area contributed by atoms with Crippen molar-refractivity contribution >= 4 is 27.4 Å². The van der Waals surface area contributed by atoms with Crippen LogP contribution in [0.15, 0.2) is 12.4 Å². The van der Waals surface area contributed by atoms with Gasteiger partial charge in [0.1, 0.15) is 17.0 Å². The predicted molar refractivity (Wildman–Crippen MR) is 111 cm³/mol. The smallest absolute Gasteiger partial charge is 0.381 e. The lowest BCUT2D eigenvalue weighted by molar-refractivity contribution is -0.126. The average molecular weight is 441 g/mol. The standard InChI is InChI=1S/C21H27F3N4OS/c22-21(23,24)10-16-9-17-18(25-14-26-19(17)30-16)28-6-4-20(13-28)3-5-27(12-20)11-15-1-7-29-8-2-15/h9,14-15H,1-8,10-13H2/t20-/m0/s1. The Morgan fingerprint density at radius 3 is 2.73 bits per heavy atom. The lowest BCUT2D eigenvalue weighted by Gasteiger charge is -2.29. The number of hydrogen-bond acceptors (Lipinski definition) is 6. The highest BCUT2D eigenvalue weighted by Crippen LogP contribution is 2.43. The van der Waals surface area contributed by atoms with Crippen LogP contribution >= 0.6 is 11.3 Å². The molecule has 0 saturated carbocycles. The molecule has 5 heterocycles. The number of likely N-dealkylation sites (tertiary alicyclic amines) is 1. The molecule has 1 spiro atoms. The van der Waals surface area contributed by atoms with E-state index in [2.05, 4.69) is 19.8 Å². The number of fused-ring (bicyclic) bond motifs is 1. The maximum absolute atomic E-state index is 12.8. The Balaban J connectivity index is 1.28. The van der Waals surface area contributed by atoms with Gasteiger partial charge in [-0.15, -0.1) is 11.3 Å². The molecule has 9 heteroatoms. The maximum atomic E-state index is 12.8. The van der Waals surface area contributed by atoms with Crippen molar-refractivity contribution in [3.05, 3.63) is 17.3 Å². The molecule has 0 bridgehead atoms. The molecule has 0 aromatic carbocycles. The van der Waals surface area contributed by atoms with Crippen LogP contribution in [0.3, 0.4) is 0 Å². The molecule has 0 radical (unpaired) electrons. The van der Waals surface area contributed by atoms with Gasteiger partial charge in [-0.1, -0.05) is 0 Å². The first kappa shape index (κ1) is 20.5. The molecular formula is C21H27F3N4OS. The van der Waals surface area contributed by atoms with Gasteiger partial charge >= 0.3 is 6.18 Å². The van der Waals surface area contributed by atoms with Gasteiger partial charge < -0.3 is 14.5 Å². The van der Waals surface area contributed by atoms with E-state index < -0.39 is 12.6 Å². The number of anilines is 1. The fraction of sp³-hybridized carbons (Fsp3) is 0.714. The zero-order valence-electron chi connectivity index (χ0n) is 17.0. The van der Waals surface area contributed by atoms with Crippen LogP contribution in [0.1, 0.15) is 30.6 Å². The van der Waals surface area contributed by atoms with E-state index in [-0.39, 0.29) is 5.41 Å². The van der Waals surface area contributed by atoms with E-state index in [1.807, 2.05) is 0 Å². The Hall–Kier alpha value is -1.45. The minimum atomic E-state index is -4.20. The topological polar surface area (TPSA) is 41.5 Å². The molecule has 3 aliphatic heterocycles. The molecule has 30 heavy (non-hydrogen) atoms. The molecule has 2 aromatic heterocycles. The monoisotopic (exact) mass is 440 g/mol. The third-order valence-electron chi connectivity index (χ3n) is 6.85. The molecule has 0 amide bonds. The SMILES string of the molecule is FC(F)(F)Cc1cc2c(N3CC[C@]4(CCN(CC5CCOCC5)C4)C3)ncnc2s1. The van der Waals surface area contributed by atoms with Gasteiger partial charge in [0.05, 0.1) is 11.8 Å². The minimum absolute atomic E-state index is 0.271. The van der Waals surface area contributed by atoms with Gasteiger partial charge in [0.25, 0.3) is 0 Å². The molecule has 0 unspecified atom stereocenters. The Kier molecular flexibility index (Phi) is 5.39. The third kappa shape index (κ3) is 4.29. The van der Waals surface area contributed by atoms with E-state index in [0.29, 0.717) is 9.71 Å². The molecule has 3 saturated heterocycles. The largest absolute Gasteiger partial charge is 0.393 e. The Labute approximate surface area is 178 Å². The maximum Gasteiger partial charge on any atom is 0.393 e. The van der Waals surface area contributed by atoms with E-state index in [0.717, 1.165) is 93.7 Å². The number of hydrogen-bond donors (Lipinski definition) is 0. The van der Waals surface area contributed by atoms with Gasteiger partial charge in [0, 0.05) is 49.7 Å². The second kappa shape index (κ2) is 7.91. The van der Waals surface area contributed by atoms with Gasteiger partial charge in [0.2, 0.25) is 0 Å².